The highest BCUT2D eigenvalue weighted by molar-refractivity contribution is 5.92. The van der Waals surface area contributed by atoms with Crippen molar-refractivity contribution in [1.82, 2.24) is 15.3 Å². The second-order valence-corrected chi connectivity index (χ2v) is 5.28. The van der Waals surface area contributed by atoms with E-state index < -0.39 is 5.91 Å². The zero-order chi connectivity index (χ0) is 15.4. The van der Waals surface area contributed by atoms with Crippen LogP contribution >= 0.6 is 0 Å². The van der Waals surface area contributed by atoms with Crippen LogP contribution in [-0.2, 0) is 0 Å². The summed E-state index contributed by atoms with van der Waals surface area (Å²) in [5.41, 5.74) is 6.55. The lowest BCUT2D eigenvalue weighted by atomic mass is 9.96. The van der Waals surface area contributed by atoms with Gasteiger partial charge in [0, 0.05) is 30.4 Å². The normalized spacial score (nSPS) is 17.9. The molecule has 6 nitrogen and oxygen atoms in total. The van der Waals surface area contributed by atoms with Gasteiger partial charge in [0.2, 0.25) is 11.8 Å². The van der Waals surface area contributed by atoms with Gasteiger partial charge >= 0.3 is 0 Å². The first-order chi connectivity index (χ1) is 10.7. The average molecular weight is 298 g/mol. The lowest BCUT2D eigenvalue weighted by Crippen LogP contribution is -2.29. The Morgan fingerprint density at radius 1 is 1.23 bits per heavy atom. The first-order valence-corrected chi connectivity index (χ1v) is 7.33. The molecule has 3 rings (SSSR count). The summed E-state index contributed by atoms with van der Waals surface area (Å²) in [5, 5.41) is 3.37. The van der Waals surface area contributed by atoms with Gasteiger partial charge in [0.25, 0.3) is 0 Å². The summed E-state index contributed by atoms with van der Waals surface area (Å²) < 4.78 is 5.84. The molecule has 1 saturated heterocycles. The van der Waals surface area contributed by atoms with E-state index >= 15 is 0 Å². The van der Waals surface area contributed by atoms with Gasteiger partial charge in [-0.2, -0.15) is 0 Å². The van der Waals surface area contributed by atoms with Crippen LogP contribution in [0.15, 0.2) is 36.7 Å². The maximum absolute atomic E-state index is 11.1. The van der Waals surface area contributed by atoms with Crippen molar-refractivity contribution >= 4 is 5.91 Å². The average Bonchev–Trinajstić information content (AvgIpc) is 2.57. The van der Waals surface area contributed by atoms with Gasteiger partial charge in [-0.05, 0) is 43.7 Å². The van der Waals surface area contributed by atoms with Crippen LogP contribution in [0.25, 0.3) is 0 Å². The molecule has 1 aliphatic heterocycles. The summed E-state index contributed by atoms with van der Waals surface area (Å²) in [6, 6.07) is 6.68. The molecule has 1 atom stereocenters. The minimum absolute atomic E-state index is 0.308. The Kier molecular flexibility index (Phi) is 4.29. The molecule has 0 saturated carbocycles. The highest BCUT2D eigenvalue weighted by Crippen LogP contribution is 2.30. The Balaban J connectivity index is 1.81. The van der Waals surface area contributed by atoms with Crippen LogP contribution in [0.5, 0.6) is 11.6 Å². The molecule has 0 aliphatic carbocycles. The Labute approximate surface area is 128 Å². The lowest BCUT2D eigenvalue weighted by molar-refractivity contribution is 0.100. The maximum Gasteiger partial charge on any atom is 0.248 e. The summed E-state index contributed by atoms with van der Waals surface area (Å²) in [6.07, 6.45) is 5.50. The van der Waals surface area contributed by atoms with Crippen molar-refractivity contribution < 1.29 is 9.53 Å². The molecule has 6 heteroatoms. The predicted molar refractivity (Wildman–Crippen MR) is 81.9 cm³/mol. The third kappa shape index (κ3) is 3.23. The van der Waals surface area contributed by atoms with Crippen LogP contribution < -0.4 is 15.8 Å². The smallest absolute Gasteiger partial charge is 0.248 e. The first-order valence-electron chi connectivity index (χ1n) is 7.33. The maximum atomic E-state index is 11.1. The van der Waals surface area contributed by atoms with E-state index in [-0.39, 0.29) is 0 Å². The van der Waals surface area contributed by atoms with E-state index in [1.807, 2.05) is 0 Å². The predicted octanol–water partition coefficient (Wildman–Crippen LogP) is 1.83. The molecule has 0 bridgehead atoms. The summed E-state index contributed by atoms with van der Waals surface area (Å²) >= 11 is 0. The molecule has 1 aliphatic rings. The molecule has 1 amide bonds. The van der Waals surface area contributed by atoms with Gasteiger partial charge in [-0.3, -0.25) is 9.78 Å². The van der Waals surface area contributed by atoms with E-state index in [1.54, 1.807) is 36.7 Å². The SMILES string of the molecule is NC(=O)c1ccc(Oc2nccnc2C2CCCNC2)cc1. The number of hydrogen-bond acceptors (Lipinski definition) is 5. The van der Waals surface area contributed by atoms with Crippen molar-refractivity contribution in [3.63, 3.8) is 0 Å². The van der Waals surface area contributed by atoms with E-state index in [0.717, 1.165) is 31.6 Å². The molecule has 1 fully saturated rings. The van der Waals surface area contributed by atoms with E-state index in [1.165, 1.54) is 0 Å². The highest BCUT2D eigenvalue weighted by atomic mass is 16.5. The monoisotopic (exact) mass is 298 g/mol. The van der Waals surface area contributed by atoms with Crippen LogP contribution in [0.3, 0.4) is 0 Å². The standard InChI is InChI=1S/C16H18N4O2/c17-15(21)11-3-5-13(6-4-11)22-16-14(19-8-9-20-16)12-2-1-7-18-10-12/h3-6,8-9,12,18H,1-2,7,10H2,(H2,17,21). The molecule has 1 aromatic heterocycles. The Bertz CT molecular complexity index is 651. The van der Waals surface area contributed by atoms with Gasteiger partial charge in [-0.1, -0.05) is 0 Å². The van der Waals surface area contributed by atoms with E-state index in [4.69, 9.17) is 10.5 Å². The van der Waals surface area contributed by atoms with Crippen LogP contribution in [-0.4, -0.2) is 29.0 Å². The van der Waals surface area contributed by atoms with E-state index in [2.05, 4.69) is 15.3 Å². The molecule has 1 unspecified atom stereocenters. The number of nitrogens with one attached hydrogen (secondary N) is 1. The number of piperidine rings is 1. The molecular weight excluding hydrogens is 280 g/mol. The van der Waals surface area contributed by atoms with Gasteiger partial charge in [-0.25, -0.2) is 4.98 Å². The molecule has 3 N–H and O–H groups in total. The molecule has 0 radical (unpaired) electrons. The van der Waals surface area contributed by atoms with Gasteiger partial charge < -0.3 is 15.8 Å². The Hall–Kier alpha value is -2.47. The van der Waals surface area contributed by atoms with Crippen molar-refractivity contribution in [1.29, 1.82) is 0 Å². The van der Waals surface area contributed by atoms with Crippen molar-refractivity contribution in [2.45, 2.75) is 18.8 Å². The molecule has 22 heavy (non-hydrogen) atoms. The fraction of sp³-hybridized carbons (Fsp3) is 0.312. The number of hydrogen-bond donors (Lipinski definition) is 2. The number of benzene rings is 1. The first kappa shape index (κ1) is 14.5. The number of nitrogens with zero attached hydrogens (tertiary/aromatic N) is 2. The molecule has 0 spiro atoms. The number of primary amides is 1. The minimum Gasteiger partial charge on any atom is -0.437 e. The third-order valence-electron chi connectivity index (χ3n) is 3.73. The van der Waals surface area contributed by atoms with Crippen molar-refractivity contribution in [2.75, 3.05) is 13.1 Å². The largest absolute Gasteiger partial charge is 0.437 e. The lowest BCUT2D eigenvalue weighted by Gasteiger charge is -2.23. The Morgan fingerprint density at radius 2 is 2.00 bits per heavy atom. The topological polar surface area (TPSA) is 90.1 Å². The quantitative estimate of drug-likeness (QED) is 0.898. The number of aromatic nitrogens is 2. The van der Waals surface area contributed by atoms with Gasteiger partial charge in [-0.15, -0.1) is 0 Å². The number of carbonyl (C=O) groups is 1. The number of amides is 1. The second kappa shape index (κ2) is 6.53. The zero-order valence-electron chi connectivity index (χ0n) is 12.2. The van der Waals surface area contributed by atoms with Crippen molar-refractivity contribution in [2.24, 2.45) is 5.73 Å². The zero-order valence-corrected chi connectivity index (χ0v) is 12.2. The van der Waals surface area contributed by atoms with Crippen LogP contribution in [0, 0.1) is 0 Å². The molecule has 2 heterocycles. The van der Waals surface area contributed by atoms with E-state index in [0.29, 0.717) is 23.1 Å². The number of rotatable bonds is 4. The summed E-state index contributed by atoms with van der Waals surface area (Å²) in [6.45, 7) is 1.93. The molecule has 1 aromatic carbocycles. The van der Waals surface area contributed by atoms with Crippen LogP contribution in [0.4, 0.5) is 0 Å². The fourth-order valence-corrected chi connectivity index (χ4v) is 2.58. The highest BCUT2D eigenvalue weighted by Gasteiger charge is 2.21. The van der Waals surface area contributed by atoms with Crippen molar-refractivity contribution in [3.8, 4) is 11.6 Å². The number of nitrogens with two attached hydrogens (primary N) is 1. The molecule has 2 aromatic rings. The molecular formula is C16H18N4O2. The van der Waals surface area contributed by atoms with Gasteiger partial charge in [0.1, 0.15) is 11.4 Å². The minimum atomic E-state index is -0.458. The second-order valence-electron chi connectivity index (χ2n) is 5.28. The summed E-state index contributed by atoms with van der Waals surface area (Å²) in [7, 11) is 0. The van der Waals surface area contributed by atoms with E-state index in [9.17, 15) is 4.79 Å². The molecule has 114 valence electrons. The Morgan fingerprint density at radius 3 is 2.68 bits per heavy atom. The van der Waals surface area contributed by atoms with Crippen LogP contribution in [0.2, 0.25) is 0 Å². The van der Waals surface area contributed by atoms with Gasteiger partial charge in [0.15, 0.2) is 0 Å². The number of ether oxygens (including phenoxy) is 1. The van der Waals surface area contributed by atoms with Gasteiger partial charge in [0.05, 0.1) is 0 Å². The summed E-state index contributed by atoms with van der Waals surface area (Å²) in [5.74, 6) is 0.973. The number of carbonyl (C=O) groups excluding carboxylic acids is 1. The van der Waals surface area contributed by atoms with Crippen molar-refractivity contribution in [3.05, 3.63) is 47.9 Å². The third-order valence-corrected chi connectivity index (χ3v) is 3.73. The van der Waals surface area contributed by atoms with Crippen LogP contribution in [0.1, 0.15) is 34.8 Å². The summed E-state index contributed by atoms with van der Waals surface area (Å²) in [4.78, 5) is 19.8. The fourth-order valence-electron chi connectivity index (χ4n) is 2.58.